The van der Waals surface area contributed by atoms with Gasteiger partial charge in [-0.1, -0.05) is 13.3 Å². The Morgan fingerprint density at radius 3 is 3.17 bits per heavy atom. The molecule has 0 aliphatic carbocycles. The van der Waals surface area contributed by atoms with Gasteiger partial charge in [0.25, 0.3) is 0 Å². The van der Waals surface area contributed by atoms with Crippen LogP contribution in [-0.2, 0) is 11.2 Å². The fourth-order valence-electron chi connectivity index (χ4n) is 2.42. The SMILES string of the molecule is CCCc1cc(NC(=O)[C@H]2CCN[C@@H](C)C2)n[nH]1. The number of carbonyl (C=O) groups excluding carboxylic acids is 1. The molecule has 1 saturated heterocycles. The number of hydrogen-bond acceptors (Lipinski definition) is 3. The first-order chi connectivity index (χ1) is 8.69. The Hall–Kier alpha value is -1.36. The number of nitrogens with one attached hydrogen (secondary N) is 3. The van der Waals surface area contributed by atoms with Crippen molar-refractivity contribution in [2.75, 3.05) is 11.9 Å². The van der Waals surface area contributed by atoms with E-state index in [-0.39, 0.29) is 11.8 Å². The molecule has 100 valence electrons. The minimum absolute atomic E-state index is 0.0953. The second kappa shape index (κ2) is 6.00. The third-order valence-electron chi connectivity index (χ3n) is 3.40. The Balaban J connectivity index is 1.89. The van der Waals surface area contributed by atoms with E-state index >= 15 is 0 Å². The van der Waals surface area contributed by atoms with Gasteiger partial charge in [-0.15, -0.1) is 0 Å². The average molecular weight is 250 g/mol. The zero-order valence-electron chi connectivity index (χ0n) is 11.1. The maximum absolute atomic E-state index is 12.1. The number of nitrogens with zero attached hydrogens (tertiary/aromatic N) is 1. The van der Waals surface area contributed by atoms with Crippen LogP contribution in [0, 0.1) is 5.92 Å². The van der Waals surface area contributed by atoms with Crippen LogP contribution in [0.1, 0.15) is 38.8 Å². The zero-order chi connectivity index (χ0) is 13.0. The highest BCUT2D eigenvalue weighted by Gasteiger charge is 2.25. The van der Waals surface area contributed by atoms with E-state index in [4.69, 9.17) is 0 Å². The average Bonchev–Trinajstić information content (AvgIpc) is 2.77. The van der Waals surface area contributed by atoms with Gasteiger partial charge in [0.15, 0.2) is 5.82 Å². The van der Waals surface area contributed by atoms with Crippen molar-refractivity contribution < 1.29 is 4.79 Å². The molecule has 0 spiro atoms. The third-order valence-corrected chi connectivity index (χ3v) is 3.40. The molecule has 1 amide bonds. The molecule has 1 aromatic heterocycles. The first kappa shape index (κ1) is 13.1. The number of hydrogen-bond donors (Lipinski definition) is 3. The molecule has 2 rings (SSSR count). The topological polar surface area (TPSA) is 69.8 Å². The molecular formula is C13H22N4O. The van der Waals surface area contributed by atoms with Crippen molar-refractivity contribution in [1.29, 1.82) is 0 Å². The summed E-state index contributed by atoms with van der Waals surface area (Å²) in [6.07, 6.45) is 3.84. The summed E-state index contributed by atoms with van der Waals surface area (Å²) in [7, 11) is 0. The van der Waals surface area contributed by atoms with Crippen LogP contribution in [0.5, 0.6) is 0 Å². The van der Waals surface area contributed by atoms with E-state index in [0.717, 1.165) is 37.9 Å². The van der Waals surface area contributed by atoms with E-state index in [1.54, 1.807) is 0 Å². The van der Waals surface area contributed by atoms with Gasteiger partial charge in [-0.3, -0.25) is 9.89 Å². The quantitative estimate of drug-likeness (QED) is 0.761. The normalized spacial score (nSPS) is 23.9. The van der Waals surface area contributed by atoms with Gasteiger partial charge in [-0.25, -0.2) is 0 Å². The van der Waals surface area contributed by atoms with Crippen molar-refractivity contribution in [1.82, 2.24) is 15.5 Å². The number of rotatable bonds is 4. The second-order valence-corrected chi connectivity index (χ2v) is 5.09. The molecule has 2 heterocycles. The van der Waals surface area contributed by atoms with E-state index in [1.165, 1.54) is 0 Å². The zero-order valence-corrected chi connectivity index (χ0v) is 11.1. The molecule has 5 nitrogen and oxygen atoms in total. The summed E-state index contributed by atoms with van der Waals surface area (Å²) in [6, 6.07) is 2.34. The van der Waals surface area contributed by atoms with Crippen LogP contribution >= 0.6 is 0 Å². The molecule has 1 aliphatic heterocycles. The van der Waals surface area contributed by atoms with E-state index in [9.17, 15) is 4.79 Å². The molecule has 3 N–H and O–H groups in total. The first-order valence-electron chi connectivity index (χ1n) is 6.77. The minimum Gasteiger partial charge on any atom is -0.314 e. The summed E-state index contributed by atoms with van der Waals surface area (Å²) in [6.45, 7) is 5.16. The van der Waals surface area contributed by atoms with Gasteiger partial charge in [0.05, 0.1) is 0 Å². The maximum atomic E-state index is 12.1. The lowest BCUT2D eigenvalue weighted by Crippen LogP contribution is -2.40. The summed E-state index contributed by atoms with van der Waals surface area (Å²) in [5.41, 5.74) is 1.08. The van der Waals surface area contributed by atoms with Crippen molar-refractivity contribution in [2.24, 2.45) is 5.92 Å². The molecule has 18 heavy (non-hydrogen) atoms. The minimum atomic E-state index is 0.0953. The van der Waals surface area contributed by atoms with E-state index in [2.05, 4.69) is 34.7 Å². The van der Waals surface area contributed by atoms with Crippen LogP contribution in [0.25, 0.3) is 0 Å². The lowest BCUT2D eigenvalue weighted by molar-refractivity contribution is -0.120. The third kappa shape index (κ3) is 3.32. The van der Waals surface area contributed by atoms with E-state index < -0.39 is 0 Å². The fraction of sp³-hybridized carbons (Fsp3) is 0.692. The molecule has 0 radical (unpaired) electrons. The monoisotopic (exact) mass is 250 g/mol. The van der Waals surface area contributed by atoms with Crippen molar-refractivity contribution in [3.05, 3.63) is 11.8 Å². The fourth-order valence-corrected chi connectivity index (χ4v) is 2.42. The lowest BCUT2D eigenvalue weighted by atomic mass is 9.92. The Labute approximate surface area is 108 Å². The number of anilines is 1. The van der Waals surface area contributed by atoms with Gasteiger partial charge < -0.3 is 10.6 Å². The lowest BCUT2D eigenvalue weighted by Gasteiger charge is -2.26. The molecule has 0 saturated carbocycles. The highest BCUT2D eigenvalue weighted by Crippen LogP contribution is 2.18. The molecule has 1 aromatic rings. The number of amides is 1. The van der Waals surface area contributed by atoms with Crippen LogP contribution < -0.4 is 10.6 Å². The predicted octanol–water partition coefficient (Wildman–Crippen LogP) is 1.69. The summed E-state index contributed by atoms with van der Waals surface area (Å²) in [4.78, 5) is 12.1. The van der Waals surface area contributed by atoms with Gasteiger partial charge in [-0.2, -0.15) is 5.10 Å². The number of aromatic nitrogens is 2. The maximum Gasteiger partial charge on any atom is 0.228 e. The Morgan fingerprint density at radius 2 is 2.44 bits per heavy atom. The van der Waals surface area contributed by atoms with Gasteiger partial charge in [0.2, 0.25) is 5.91 Å². The van der Waals surface area contributed by atoms with Crippen LogP contribution in [0.3, 0.4) is 0 Å². The molecule has 0 aromatic carbocycles. The Bertz CT molecular complexity index is 401. The number of piperidine rings is 1. The van der Waals surface area contributed by atoms with E-state index in [1.807, 2.05) is 6.07 Å². The molecule has 1 fully saturated rings. The Morgan fingerprint density at radius 1 is 1.61 bits per heavy atom. The smallest absolute Gasteiger partial charge is 0.228 e. The molecule has 5 heteroatoms. The molecule has 2 atom stereocenters. The first-order valence-corrected chi connectivity index (χ1v) is 6.77. The molecule has 0 unspecified atom stereocenters. The van der Waals surface area contributed by atoms with Gasteiger partial charge in [0.1, 0.15) is 0 Å². The summed E-state index contributed by atoms with van der Waals surface area (Å²) < 4.78 is 0. The molecule has 1 aliphatic rings. The standard InChI is InChI=1S/C13H22N4O/c1-3-4-11-8-12(17-16-11)15-13(18)10-5-6-14-9(2)7-10/h8-10,14H,3-7H2,1-2H3,(H2,15,16,17,18)/t9-,10-/m0/s1. The summed E-state index contributed by atoms with van der Waals surface area (Å²) in [5, 5.41) is 13.3. The second-order valence-electron chi connectivity index (χ2n) is 5.09. The highest BCUT2D eigenvalue weighted by atomic mass is 16.2. The van der Waals surface area contributed by atoms with Crippen LogP contribution in [0.2, 0.25) is 0 Å². The number of carbonyl (C=O) groups is 1. The molecular weight excluding hydrogens is 228 g/mol. The number of H-pyrrole nitrogens is 1. The van der Waals surface area contributed by atoms with Gasteiger partial charge in [-0.05, 0) is 32.7 Å². The van der Waals surface area contributed by atoms with Crippen molar-refractivity contribution in [3.63, 3.8) is 0 Å². The molecule has 0 bridgehead atoms. The van der Waals surface area contributed by atoms with Crippen LogP contribution in [0.15, 0.2) is 6.07 Å². The predicted molar refractivity (Wildman–Crippen MR) is 71.4 cm³/mol. The van der Waals surface area contributed by atoms with Crippen molar-refractivity contribution in [2.45, 2.75) is 45.6 Å². The van der Waals surface area contributed by atoms with Crippen LogP contribution in [-0.4, -0.2) is 28.7 Å². The highest BCUT2D eigenvalue weighted by molar-refractivity contribution is 5.91. The number of aryl methyl sites for hydroxylation is 1. The Kier molecular flexibility index (Phi) is 4.36. The summed E-state index contributed by atoms with van der Waals surface area (Å²) in [5.74, 6) is 0.847. The van der Waals surface area contributed by atoms with E-state index in [0.29, 0.717) is 11.9 Å². The van der Waals surface area contributed by atoms with Gasteiger partial charge >= 0.3 is 0 Å². The van der Waals surface area contributed by atoms with Crippen LogP contribution in [0.4, 0.5) is 5.82 Å². The van der Waals surface area contributed by atoms with Gasteiger partial charge in [0, 0.05) is 23.7 Å². The summed E-state index contributed by atoms with van der Waals surface area (Å²) >= 11 is 0. The van der Waals surface area contributed by atoms with Crippen molar-refractivity contribution in [3.8, 4) is 0 Å². The van der Waals surface area contributed by atoms with Crippen molar-refractivity contribution >= 4 is 11.7 Å². The number of aromatic amines is 1. The largest absolute Gasteiger partial charge is 0.314 e.